The summed E-state index contributed by atoms with van der Waals surface area (Å²) in [6.45, 7) is 0. The lowest BCUT2D eigenvalue weighted by molar-refractivity contribution is -0.136. The number of hydrogen-bond donors (Lipinski definition) is 2. The van der Waals surface area contributed by atoms with Gasteiger partial charge in [0.2, 0.25) is 0 Å². The molecule has 0 spiro atoms. The first-order valence-corrected chi connectivity index (χ1v) is 7.44. The number of nitrogens with one attached hydrogen (secondary N) is 2. The zero-order valence-corrected chi connectivity index (χ0v) is 12.6. The molecule has 0 saturated carbocycles. The van der Waals surface area contributed by atoms with Crippen molar-refractivity contribution in [3.8, 4) is 5.75 Å². The normalized spacial score (nSPS) is 13.8. The molecule has 1 aromatic rings. The second-order valence-electron chi connectivity index (χ2n) is 4.23. The number of hydrogen-bond acceptors (Lipinski definition) is 6. The topological polar surface area (TPSA) is 76.7 Å². The van der Waals surface area contributed by atoms with Crippen LogP contribution in [0.25, 0.3) is 0 Å². The molecule has 112 valence electrons. The number of amides is 1. The Morgan fingerprint density at radius 3 is 2.52 bits per heavy atom. The largest absolute Gasteiger partial charge is 0.466 e. The zero-order valence-electron chi connectivity index (χ0n) is 11.8. The fourth-order valence-electron chi connectivity index (χ4n) is 1.78. The molecule has 2 rings (SSSR count). The second-order valence-corrected chi connectivity index (χ2v) is 5.22. The molecule has 7 heteroatoms. The van der Waals surface area contributed by atoms with Crippen LogP contribution in [-0.2, 0) is 9.53 Å². The molecule has 1 aliphatic rings. The van der Waals surface area contributed by atoms with E-state index in [0.717, 1.165) is 17.1 Å². The van der Waals surface area contributed by atoms with Crippen LogP contribution in [0.1, 0.15) is 0 Å². The summed E-state index contributed by atoms with van der Waals surface area (Å²) in [6.07, 6.45) is -0.515. The van der Waals surface area contributed by atoms with Crippen molar-refractivity contribution < 1.29 is 19.1 Å². The summed E-state index contributed by atoms with van der Waals surface area (Å²) in [4.78, 5) is 22.7. The average Bonchev–Trinajstić information content (AvgIpc) is 2.96. The number of esters is 1. The fraction of sp³-hybridized carbons (Fsp3) is 0.286. The van der Waals surface area contributed by atoms with E-state index in [1.807, 2.05) is 0 Å². The SMILES string of the molecule is CNC(=O)Oc1ccc(NC2=C(C(=O)OC)CSC2)cc1. The number of benzene rings is 1. The Labute approximate surface area is 126 Å². The monoisotopic (exact) mass is 308 g/mol. The fourth-order valence-corrected chi connectivity index (χ4v) is 2.83. The van der Waals surface area contributed by atoms with Gasteiger partial charge < -0.3 is 20.1 Å². The standard InChI is InChI=1S/C14H16N2O4S/c1-15-14(18)20-10-5-3-9(4-6-10)16-12-8-21-7-11(12)13(17)19-2/h3-6,16H,7-8H2,1-2H3,(H,15,18). The summed E-state index contributed by atoms with van der Waals surface area (Å²) in [6, 6.07) is 6.92. The number of methoxy groups -OCH3 is 1. The van der Waals surface area contributed by atoms with Crippen LogP contribution in [0.3, 0.4) is 0 Å². The van der Waals surface area contributed by atoms with Crippen LogP contribution < -0.4 is 15.4 Å². The van der Waals surface area contributed by atoms with Crippen LogP contribution in [0.15, 0.2) is 35.5 Å². The van der Waals surface area contributed by atoms with Gasteiger partial charge in [0.15, 0.2) is 0 Å². The number of thioether (sulfide) groups is 1. The second kappa shape index (κ2) is 7.03. The van der Waals surface area contributed by atoms with E-state index >= 15 is 0 Å². The van der Waals surface area contributed by atoms with Crippen LogP contribution in [0.4, 0.5) is 10.5 Å². The Bertz CT molecular complexity index is 569. The van der Waals surface area contributed by atoms with Gasteiger partial charge in [0, 0.05) is 29.9 Å². The van der Waals surface area contributed by atoms with Crippen molar-refractivity contribution in [3.05, 3.63) is 35.5 Å². The maximum Gasteiger partial charge on any atom is 0.412 e. The lowest BCUT2D eigenvalue weighted by atomic mass is 10.2. The van der Waals surface area contributed by atoms with Crippen molar-refractivity contribution in [1.29, 1.82) is 0 Å². The predicted molar refractivity (Wildman–Crippen MR) is 81.5 cm³/mol. The van der Waals surface area contributed by atoms with Gasteiger partial charge in [0.05, 0.1) is 12.7 Å². The minimum absolute atomic E-state index is 0.304. The molecule has 1 aliphatic heterocycles. The minimum Gasteiger partial charge on any atom is -0.466 e. The molecule has 0 bridgehead atoms. The summed E-state index contributed by atoms with van der Waals surface area (Å²) >= 11 is 1.65. The van der Waals surface area contributed by atoms with E-state index in [1.54, 1.807) is 36.0 Å². The Morgan fingerprint density at radius 1 is 1.19 bits per heavy atom. The zero-order chi connectivity index (χ0) is 15.2. The van der Waals surface area contributed by atoms with E-state index in [2.05, 4.69) is 10.6 Å². The van der Waals surface area contributed by atoms with E-state index in [9.17, 15) is 9.59 Å². The number of carbonyl (C=O) groups excluding carboxylic acids is 2. The summed E-state index contributed by atoms with van der Waals surface area (Å²) in [7, 11) is 2.87. The Kier molecular flexibility index (Phi) is 5.10. The molecule has 0 saturated heterocycles. The molecule has 6 nitrogen and oxygen atoms in total. The van der Waals surface area contributed by atoms with Crippen LogP contribution in [0, 0.1) is 0 Å². The molecule has 0 radical (unpaired) electrons. The molecule has 1 heterocycles. The van der Waals surface area contributed by atoms with Gasteiger partial charge in [0.25, 0.3) is 0 Å². The summed E-state index contributed by atoms with van der Waals surface area (Å²) < 4.78 is 9.76. The molecule has 0 aliphatic carbocycles. The first-order chi connectivity index (χ1) is 10.1. The van der Waals surface area contributed by atoms with Gasteiger partial charge in [-0.3, -0.25) is 0 Å². The number of ether oxygens (including phenoxy) is 2. The highest BCUT2D eigenvalue weighted by Gasteiger charge is 2.22. The van der Waals surface area contributed by atoms with Crippen LogP contribution in [0.2, 0.25) is 0 Å². The molecule has 0 aromatic heterocycles. The Balaban J connectivity index is 2.06. The van der Waals surface area contributed by atoms with Crippen LogP contribution in [0.5, 0.6) is 5.75 Å². The van der Waals surface area contributed by atoms with Gasteiger partial charge in [0.1, 0.15) is 5.75 Å². The average molecular weight is 308 g/mol. The molecule has 2 N–H and O–H groups in total. The van der Waals surface area contributed by atoms with Crippen molar-refractivity contribution in [2.24, 2.45) is 0 Å². The van der Waals surface area contributed by atoms with Crippen molar-refractivity contribution in [3.63, 3.8) is 0 Å². The molecule has 1 aromatic carbocycles. The van der Waals surface area contributed by atoms with Crippen molar-refractivity contribution in [2.45, 2.75) is 0 Å². The lowest BCUT2D eigenvalue weighted by Crippen LogP contribution is -2.21. The third-order valence-corrected chi connectivity index (χ3v) is 3.84. The molecular weight excluding hydrogens is 292 g/mol. The van der Waals surface area contributed by atoms with Crippen LogP contribution >= 0.6 is 11.8 Å². The highest BCUT2D eigenvalue weighted by atomic mass is 32.2. The summed E-state index contributed by atoms with van der Waals surface area (Å²) in [5.41, 5.74) is 2.33. The van der Waals surface area contributed by atoms with Gasteiger partial charge in [-0.05, 0) is 24.3 Å². The molecule has 0 unspecified atom stereocenters. The van der Waals surface area contributed by atoms with Crippen molar-refractivity contribution >= 4 is 29.5 Å². The molecule has 21 heavy (non-hydrogen) atoms. The quantitative estimate of drug-likeness (QED) is 0.828. The number of rotatable bonds is 4. The summed E-state index contributed by atoms with van der Waals surface area (Å²) in [5, 5.41) is 5.58. The van der Waals surface area contributed by atoms with Gasteiger partial charge in [-0.1, -0.05) is 0 Å². The third-order valence-electron chi connectivity index (χ3n) is 2.85. The van der Waals surface area contributed by atoms with E-state index in [1.165, 1.54) is 14.2 Å². The molecule has 1 amide bonds. The van der Waals surface area contributed by atoms with Gasteiger partial charge in [-0.25, -0.2) is 9.59 Å². The van der Waals surface area contributed by atoms with Gasteiger partial charge in [-0.15, -0.1) is 0 Å². The smallest absolute Gasteiger partial charge is 0.412 e. The number of anilines is 1. The van der Waals surface area contributed by atoms with Gasteiger partial charge in [-0.2, -0.15) is 11.8 Å². The maximum absolute atomic E-state index is 11.6. The first-order valence-electron chi connectivity index (χ1n) is 6.28. The number of carbonyl (C=O) groups is 2. The van der Waals surface area contributed by atoms with E-state index in [-0.39, 0.29) is 5.97 Å². The van der Waals surface area contributed by atoms with Crippen molar-refractivity contribution in [2.75, 3.05) is 31.0 Å². The lowest BCUT2D eigenvalue weighted by Gasteiger charge is -2.10. The predicted octanol–water partition coefficient (Wildman–Crippen LogP) is 1.99. The molecule has 0 atom stereocenters. The summed E-state index contributed by atoms with van der Waals surface area (Å²) in [5.74, 6) is 1.53. The maximum atomic E-state index is 11.6. The Hall–Kier alpha value is -2.15. The molecule has 0 fully saturated rings. The van der Waals surface area contributed by atoms with E-state index in [4.69, 9.17) is 9.47 Å². The van der Waals surface area contributed by atoms with Crippen molar-refractivity contribution in [1.82, 2.24) is 5.32 Å². The molecular formula is C14H16N2O4S. The highest BCUT2D eigenvalue weighted by molar-refractivity contribution is 8.00. The van der Waals surface area contributed by atoms with Crippen LogP contribution in [-0.4, -0.2) is 37.7 Å². The minimum atomic E-state index is -0.515. The third kappa shape index (κ3) is 3.91. The Morgan fingerprint density at radius 2 is 1.90 bits per heavy atom. The van der Waals surface area contributed by atoms with Gasteiger partial charge >= 0.3 is 12.1 Å². The first kappa shape index (κ1) is 15.2. The van der Waals surface area contributed by atoms with E-state index in [0.29, 0.717) is 17.1 Å². The highest BCUT2D eigenvalue weighted by Crippen LogP contribution is 2.27. The van der Waals surface area contributed by atoms with E-state index < -0.39 is 6.09 Å².